The van der Waals surface area contributed by atoms with Crippen LogP contribution in [0.15, 0.2) is 60.7 Å². The van der Waals surface area contributed by atoms with Crippen LogP contribution in [0.1, 0.15) is 11.1 Å². The molecule has 0 saturated heterocycles. The average Bonchev–Trinajstić information content (AvgIpc) is 2.35. The number of phenolic OH excluding ortho intramolecular Hbond substituents is 2. The summed E-state index contributed by atoms with van der Waals surface area (Å²) >= 11 is 0. The molecule has 2 N–H and O–H groups in total. The first kappa shape index (κ1) is 12.0. The first-order chi connectivity index (χ1) is 8.74. The predicted octanol–water partition coefficient (Wildman–Crippen LogP) is 3.82. The van der Waals surface area contributed by atoms with Crippen molar-refractivity contribution in [2.75, 3.05) is 0 Å². The molecule has 0 unspecified atom stereocenters. The molecule has 0 amide bonds. The fourth-order valence-electron chi connectivity index (χ4n) is 1.61. The van der Waals surface area contributed by atoms with Gasteiger partial charge in [0.2, 0.25) is 0 Å². The zero-order valence-electron chi connectivity index (χ0n) is 9.82. The van der Waals surface area contributed by atoms with Gasteiger partial charge in [-0.3, -0.25) is 0 Å². The van der Waals surface area contributed by atoms with E-state index < -0.39 is 0 Å². The van der Waals surface area contributed by atoms with Crippen molar-refractivity contribution in [3.8, 4) is 11.5 Å². The van der Waals surface area contributed by atoms with Gasteiger partial charge in [-0.2, -0.15) is 0 Å². The molecule has 0 spiro atoms. The molecule has 0 heterocycles. The molecule has 0 aliphatic heterocycles. The average molecular weight is 238 g/mol. The van der Waals surface area contributed by atoms with Crippen LogP contribution in [-0.2, 0) is 0 Å². The molecule has 2 aromatic rings. The number of hydrogen-bond donors (Lipinski definition) is 2. The highest BCUT2D eigenvalue weighted by atomic mass is 16.3. The third-order valence-electron chi connectivity index (χ3n) is 2.41. The lowest BCUT2D eigenvalue weighted by Gasteiger charge is -1.97. The second kappa shape index (κ2) is 5.73. The molecule has 0 saturated carbocycles. The molecule has 90 valence electrons. The van der Waals surface area contributed by atoms with Gasteiger partial charge in [-0.15, -0.1) is 0 Å². The second-order valence-electron chi connectivity index (χ2n) is 3.91. The van der Waals surface area contributed by atoms with E-state index in [1.807, 2.05) is 54.6 Å². The Morgan fingerprint density at radius 1 is 0.667 bits per heavy atom. The number of benzene rings is 2. The van der Waals surface area contributed by atoms with Crippen LogP contribution in [0.4, 0.5) is 0 Å². The summed E-state index contributed by atoms with van der Waals surface area (Å²) < 4.78 is 0. The molecule has 2 aromatic carbocycles. The van der Waals surface area contributed by atoms with Crippen LogP contribution in [-0.4, -0.2) is 10.2 Å². The van der Waals surface area contributed by atoms with Crippen LogP contribution in [0.5, 0.6) is 11.5 Å². The minimum atomic E-state index is 0.0571. The molecular formula is C16H14O2. The number of hydrogen-bond acceptors (Lipinski definition) is 2. The molecule has 0 atom stereocenters. The second-order valence-corrected chi connectivity index (χ2v) is 3.91. The highest BCUT2D eigenvalue weighted by Crippen LogP contribution is 2.21. The smallest absolute Gasteiger partial charge is 0.119 e. The Morgan fingerprint density at radius 3 is 1.83 bits per heavy atom. The van der Waals surface area contributed by atoms with E-state index in [0.717, 1.165) is 11.1 Å². The van der Waals surface area contributed by atoms with Crippen molar-refractivity contribution in [3.05, 3.63) is 71.8 Å². The van der Waals surface area contributed by atoms with Gasteiger partial charge in [0.15, 0.2) is 0 Å². The lowest BCUT2D eigenvalue weighted by atomic mass is 10.1. The highest BCUT2D eigenvalue weighted by Gasteiger charge is 1.94. The molecule has 2 rings (SSSR count). The first-order valence-electron chi connectivity index (χ1n) is 5.67. The maximum absolute atomic E-state index is 9.32. The largest absolute Gasteiger partial charge is 0.508 e. The zero-order valence-corrected chi connectivity index (χ0v) is 9.82. The van der Waals surface area contributed by atoms with Gasteiger partial charge in [-0.25, -0.2) is 0 Å². The molecule has 0 radical (unpaired) electrons. The maximum Gasteiger partial charge on any atom is 0.119 e. The number of rotatable bonds is 3. The van der Waals surface area contributed by atoms with E-state index >= 15 is 0 Å². The van der Waals surface area contributed by atoms with Gasteiger partial charge in [0.1, 0.15) is 11.5 Å². The monoisotopic (exact) mass is 238 g/mol. The maximum atomic E-state index is 9.32. The van der Waals surface area contributed by atoms with Crippen LogP contribution in [0, 0.1) is 0 Å². The SMILES string of the molecule is Oc1cc(O)cc(C=CC=Cc2ccccc2)c1. The summed E-state index contributed by atoms with van der Waals surface area (Å²) in [7, 11) is 0. The number of allylic oxidation sites excluding steroid dienone is 2. The van der Waals surface area contributed by atoms with Crippen molar-refractivity contribution in [2.45, 2.75) is 0 Å². The molecule has 0 aliphatic rings. The van der Waals surface area contributed by atoms with Crippen molar-refractivity contribution in [1.82, 2.24) is 0 Å². The molecule has 0 fully saturated rings. The molecule has 18 heavy (non-hydrogen) atoms. The summed E-state index contributed by atoms with van der Waals surface area (Å²) in [5, 5.41) is 18.6. The normalized spacial score (nSPS) is 11.3. The van der Waals surface area contributed by atoms with Gasteiger partial charge in [0.05, 0.1) is 0 Å². The van der Waals surface area contributed by atoms with Crippen molar-refractivity contribution >= 4 is 12.2 Å². The number of phenols is 2. The van der Waals surface area contributed by atoms with Crippen molar-refractivity contribution in [3.63, 3.8) is 0 Å². The summed E-state index contributed by atoms with van der Waals surface area (Å²) in [5.74, 6) is 0.114. The Morgan fingerprint density at radius 2 is 1.22 bits per heavy atom. The van der Waals surface area contributed by atoms with E-state index in [4.69, 9.17) is 0 Å². The van der Waals surface area contributed by atoms with E-state index in [0.29, 0.717) is 0 Å². The van der Waals surface area contributed by atoms with Gasteiger partial charge >= 0.3 is 0 Å². The first-order valence-corrected chi connectivity index (χ1v) is 5.67. The predicted molar refractivity (Wildman–Crippen MR) is 74.3 cm³/mol. The summed E-state index contributed by atoms with van der Waals surface area (Å²) in [6, 6.07) is 14.5. The van der Waals surface area contributed by atoms with Gasteiger partial charge < -0.3 is 10.2 Å². The fraction of sp³-hybridized carbons (Fsp3) is 0. The van der Waals surface area contributed by atoms with Crippen LogP contribution < -0.4 is 0 Å². The zero-order chi connectivity index (χ0) is 12.8. The van der Waals surface area contributed by atoms with E-state index in [-0.39, 0.29) is 11.5 Å². The van der Waals surface area contributed by atoms with Crippen LogP contribution >= 0.6 is 0 Å². The minimum Gasteiger partial charge on any atom is -0.508 e. The van der Waals surface area contributed by atoms with Crippen molar-refractivity contribution < 1.29 is 10.2 Å². The van der Waals surface area contributed by atoms with Crippen LogP contribution in [0.25, 0.3) is 12.2 Å². The quantitative estimate of drug-likeness (QED) is 0.798. The molecular weight excluding hydrogens is 224 g/mol. The van der Waals surface area contributed by atoms with E-state index in [1.165, 1.54) is 6.07 Å². The van der Waals surface area contributed by atoms with E-state index in [2.05, 4.69) is 0 Å². The fourth-order valence-corrected chi connectivity index (χ4v) is 1.61. The van der Waals surface area contributed by atoms with E-state index in [1.54, 1.807) is 12.1 Å². The van der Waals surface area contributed by atoms with Crippen molar-refractivity contribution in [1.29, 1.82) is 0 Å². The lowest BCUT2D eigenvalue weighted by Crippen LogP contribution is -1.72. The van der Waals surface area contributed by atoms with Gasteiger partial charge in [0, 0.05) is 6.07 Å². The summed E-state index contributed by atoms with van der Waals surface area (Å²) in [5.41, 5.74) is 1.88. The lowest BCUT2D eigenvalue weighted by molar-refractivity contribution is 0.450. The van der Waals surface area contributed by atoms with Gasteiger partial charge in [-0.05, 0) is 23.3 Å². The van der Waals surface area contributed by atoms with Crippen LogP contribution in [0.3, 0.4) is 0 Å². The summed E-state index contributed by atoms with van der Waals surface area (Å²) in [4.78, 5) is 0. The third-order valence-corrected chi connectivity index (χ3v) is 2.41. The standard InChI is InChI=1S/C16H14O2/c17-15-10-14(11-16(18)12-15)9-5-4-8-13-6-2-1-3-7-13/h1-12,17-18H. The molecule has 2 nitrogen and oxygen atoms in total. The molecule has 0 aliphatic carbocycles. The molecule has 0 bridgehead atoms. The Labute approximate surface area is 106 Å². The van der Waals surface area contributed by atoms with E-state index in [9.17, 15) is 10.2 Å². The summed E-state index contributed by atoms with van der Waals surface area (Å²) in [6.45, 7) is 0. The number of aromatic hydroxyl groups is 2. The summed E-state index contributed by atoms with van der Waals surface area (Å²) in [6.07, 6.45) is 7.58. The Bertz CT molecular complexity index is 549. The highest BCUT2D eigenvalue weighted by molar-refractivity contribution is 5.59. The Balaban J connectivity index is 2.05. The van der Waals surface area contributed by atoms with Crippen molar-refractivity contribution in [2.24, 2.45) is 0 Å². The molecule has 0 aromatic heterocycles. The van der Waals surface area contributed by atoms with Gasteiger partial charge in [0.25, 0.3) is 0 Å². The van der Waals surface area contributed by atoms with Gasteiger partial charge in [-0.1, -0.05) is 54.6 Å². The Kier molecular flexibility index (Phi) is 3.82. The Hall–Kier alpha value is -2.48. The topological polar surface area (TPSA) is 40.5 Å². The van der Waals surface area contributed by atoms with Crippen LogP contribution in [0.2, 0.25) is 0 Å². The molecule has 2 heteroatoms. The minimum absolute atomic E-state index is 0.0571. The third kappa shape index (κ3) is 3.52.